The van der Waals surface area contributed by atoms with Gasteiger partial charge >= 0.3 is 12.1 Å². The van der Waals surface area contributed by atoms with Gasteiger partial charge in [0.25, 0.3) is 0 Å². The highest BCUT2D eigenvalue weighted by molar-refractivity contribution is 5.68. The minimum atomic E-state index is -4.47. The first-order valence-corrected chi connectivity index (χ1v) is 5.54. The molecule has 1 aromatic carbocycles. The quantitative estimate of drug-likeness (QED) is 0.933. The van der Waals surface area contributed by atoms with Gasteiger partial charge in [-0.3, -0.25) is 4.79 Å². The topological polar surface area (TPSA) is 76.2 Å². The van der Waals surface area contributed by atoms with Gasteiger partial charge in [0, 0.05) is 0 Å². The number of rotatable bonds is 4. The van der Waals surface area contributed by atoms with Gasteiger partial charge in [-0.1, -0.05) is 23.4 Å². The summed E-state index contributed by atoms with van der Waals surface area (Å²) in [6, 6.07) is 5.03. The molecule has 0 amide bonds. The summed E-state index contributed by atoms with van der Waals surface area (Å²) in [7, 11) is 0. The predicted molar refractivity (Wildman–Crippen MR) is 59.9 cm³/mol. The number of aliphatic carboxylic acids is 1. The molecule has 0 radical (unpaired) electrons. The highest BCUT2D eigenvalue weighted by Gasteiger charge is 2.33. The second-order valence-electron chi connectivity index (χ2n) is 4.01. The predicted octanol–water partition coefficient (Wildman–Crippen LogP) is 2.31. The van der Waals surface area contributed by atoms with Crippen LogP contribution in [0.5, 0.6) is 0 Å². The first-order chi connectivity index (χ1) is 9.36. The molecule has 0 aliphatic heterocycles. The molecule has 106 valence electrons. The largest absolute Gasteiger partial charge is 0.481 e. The highest BCUT2D eigenvalue weighted by atomic mass is 19.4. The number of carbonyl (C=O) groups is 1. The van der Waals surface area contributed by atoms with Gasteiger partial charge in [0.2, 0.25) is 5.89 Å². The zero-order chi connectivity index (χ0) is 14.8. The fourth-order valence-corrected chi connectivity index (χ4v) is 1.68. The summed E-state index contributed by atoms with van der Waals surface area (Å²) in [6.07, 6.45) is -5.12. The van der Waals surface area contributed by atoms with Gasteiger partial charge in [-0.05, 0) is 11.6 Å². The average molecular weight is 286 g/mol. The number of carboxylic acid groups (broad SMARTS) is 1. The molecule has 0 bridgehead atoms. The number of aromatic nitrogens is 2. The monoisotopic (exact) mass is 286 g/mol. The third-order valence-corrected chi connectivity index (χ3v) is 2.48. The third kappa shape index (κ3) is 3.34. The van der Waals surface area contributed by atoms with Crippen molar-refractivity contribution in [3.8, 4) is 0 Å². The molecule has 2 aromatic rings. The van der Waals surface area contributed by atoms with Crippen LogP contribution in [0.15, 0.2) is 28.8 Å². The van der Waals surface area contributed by atoms with Crippen LogP contribution < -0.4 is 0 Å². The average Bonchev–Trinajstić information content (AvgIpc) is 2.75. The van der Waals surface area contributed by atoms with Gasteiger partial charge in [0.05, 0.1) is 12.0 Å². The Morgan fingerprint density at radius 3 is 2.65 bits per heavy atom. The molecule has 20 heavy (non-hydrogen) atoms. The fourth-order valence-electron chi connectivity index (χ4n) is 1.68. The number of nitrogens with zero attached hydrogens (tertiary/aromatic N) is 2. The second kappa shape index (κ2) is 5.32. The number of carboxylic acids is 1. The van der Waals surface area contributed by atoms with E-state index in [1.54, 1.807) is 0 Å². The van der Waals surface area contributed by atoms with Crippen molar-refractivity contribution in [3.63, 3.8) is 0 Å². The molecule has 0 saturated heterocycles. The van der Waals surface area contributed by atoms with Crippen molar-refractivity contribution >= 4 is 5.97 Å². The van der Waals surface area contributed by atoms with Crippen LogP contribution in [-0.2, 0) is 23.8 Å². The van der Waals surface area contributed by atoms with E-state index in [-0.39, 0.29) is 23.7 Å². The molecule has 5 nitrogen and oxygen atoms in total. The first kappa shape index (κ1) is 14.0. The van der Waals surface area contributed by atoms with Crippen LogP contribution in [0.1, 0.15) is 22.8 Å². The molecule has 0 unspecified atom stereocenters. The Morgan fingerprint density at radius 1 is 1.30 bits per heavy atom. The maximum atomic E-state index is 12.8. The molecule has 1 N–H and O–H groups in total. The van der Waals surface area contributed by atoms with E-state index in [1.165, 1.54) is 18.2 Å². The van der Waals surface area contributed by atoms with Gasteiger partial charge in [0.1, 0.15) is 6.42 Å². The molecule has 0 saturated carbocycles. The van der Waals surface area contributed by atoms with Crippen LogP contribution in [-0.4, -0.2) is 21.2 Å². The van der Waals surface area contributed by atoms with Crippen molar-refractivity contribution < 1.29 is 27.6 Å². The summed E-state index contributed by atoms with van der Waals surface area (Å²) in [5, 5.41) is 11.9. The SMILES string of the molecule is O=C(O)Cc1noc(Cc2ccccc2C(F)(F)F)n1. The number of halogens is 3. The fraction of sp³-hybridized carbons (Fsp3) is 0.250. The molecule has 0 fully saturated rings. The van der Waals surface area contributed by atoms with Crippen LogP contribution in [0.25, 0.3) is 0 Å². The van der Waals surface area contributed by atoms with E-state index in [0.29, 0.717) is 0 Å². The number of hydrogen-bond acceptors (Lipinski definition) is 4. The van der Waals surface area contributed by atoms with Gasteiger partial charge in [0.15, 0.2) is 5.82 Å². The lowest BCUT2D eigenvalue weighted by atomic mass is 10.0. The molecule has 0 spiro atoms. The first-order valence-electron chi connectivity index (χ1n) is 5.54. The summed E-state index contributed by atoms with van der Waals surface area (Å²) >= 11 is 0. The van der Waals surface area contributed by atoms with E-state index in [4.69, 9.17) is 9.63 Å². The molecule has 8 heteroatoms. The number of hydrogen-bond donors (Lipinski definition) is 1. The zero-order valence-corrected chi connectivity index (χ0v) is 10.0. The molecule has 0 aliphatic rings. The molecule has 0 atom stereocenters. The van der Waals surface area contributed by atoms with E-state index < -0.39 is 24.1 Å². The minimum Gasteiger partial charge on any atom is -0.481 e. The molecule has 2 rings (SSSR count). The normalized spacial score (nSPS) is 11.6. The van der Waals surface area contributed by atoms with Crippen molar-refractivity contribution in [2.24, 2.45) is 0 Å². The maximum absolute atomic E-state index is 12.8. The van der Waals surface area contributed by atoms with E-state index in [1.807, 2.05) is 0 Å². The lowest BCUT2D eigenvalue weighted by molar-refractivity contribution is -0.138. The molecule has 1 heterocycles. The standard InChI is InChI=1S/C12H9F3N2O3/c13-12(14,15)8-4-2-1-3-7(8)5-10-16-9(17-20-10)6-11(18)19/h1-4H,5-6H2,(H,18,19). The summed E-state index contributed by atoms with van der Waals surface area (Å²) in [6.45, 7) is 0. The van der Waals surface area contributed by atoms with Gasteiger partial charge in [-0.15, -0.1) is 0 Å². The third-order valence-electron chi connectivity index (χ3n) is 2.48. The van der Waals surface area contributed by atoms with E-state index in [0.717, 1.165) is 6.07 Å². The van der Waals surface area contributed by atoms with Gasteiger partial charge in [-0.25, -0.2) is 0 Å². The highest BCUT2D eigenvalue weighted by Crippen LogP contribution is 2.32. The van der Waals surface area contributed by atoms with Gasteiger partial charge < -0.3 is 9.63 Å². The van der Waals surface area contributed by atoms with E-state index >= 15 is 0 Å². The Labute approximate surface area is 111 Å². The summed E-state index contributed by atoms with van der Waals surface area (Å²) in [4.78, 5) is 14.2. The minimum absolute atomic E-state index is 0.00877. The summed E-state index contributed by atoms with van der Waals surface area (Å²) in [5.41, 5.74) is -0.788. The Kier molecular flexibility index (Phi) is 3.73. The van der Waals surface area contributed by atoms with Crippen molar-refractivity contribution in [3.05, 3.63) is 47.1 Å². The molecular weight excluding hydrogens is 277 g/mol. The zero-order valence-electron chi connectivity index (χ0n) is 10.0. The Hall–Kier alpha value is -2.38. The Balaban J connectivity index is 2.22. The lowest BCUT2D eigenvalue weighted by Gasteiger charge is -2.10. The maximum Gasteiger partial charge on any atom is 0.416 e. The summed E-state index contributed by atoms with van der Waals surface area (Å²) in [5.74, 6) is -1.28. The van der Waals surface area contributed by atoms with E-state index in [9.17, 15) is 18.0 Å². The Bertz CT molecular complexity index is 622. The van der Waals surface area contributed by atoms with Gasteiger partial charge in [-0.2, -0.15) is 18.2 Å². The molecule has 1 aromatic heterocycles. The van der Waals surface area contributed by atoms with Crippen LogP contribution in [0.4, 0.5) is 13.2 Å². The lowest BCUT2D eigenvalue weighted by Crippen LogP contribution is -2.09. The second-order valence-corrected chi connectivity index (χ2v) is 4.01. The van der Waals surface area contributed by atoms with E-state index in [2.05, 4.69) is 10.1 Å². The number of benzene rings is 1. The van der Waals surface area contributed by atoms with Crippen molar-refractivity contribution in [2.75, 3.05) is 0 Å². The van der Waals surface area contributed by atoms with Crippen LogP contribution in [0, 0.1) is 0 Å². The smallest absolute Gasteiger partial charge is 0.416 e. The summed E-state index contributed by atoms with van der Waals surface area (Å²) < 4.78 is 43.1. The Morgan fingerprint density at radius 2 is 2.00 bits per heavy atom. The van der Waals surface area contributed by atoms with Crippen LogP contribution >= 0.6 is 0 Å². The molecular formula is C12H9F3N2O3. The van der Waals surface area contributed by atoms with Crippen molar-refractivity contribution in [1.29, 1.82) is 0 Å². The van der Waals surface area contributed by atoms with Crippen LogP contribution in [0.2, 0.25) is 0 Å². The van der Waals surface area contributed by atoms with Crippen molar-refractivity contribution in [1.82, 2.24) is 10.1 Å². The molecule has 0 aliphatic carbocycles. The van der Waals surface area contributed by atoms with Crippen molar-refractivity contribution in [2.45, 2.75) is 19.0 Å². The number of alkyl halides is 3. The van der Waals surface area contributed by atoms with Crippen LogP contribution in [0.3, 0.4) is 0 Å².